The largest absolute Gasteiger partial charge is 0.394 e. The fourth-order valence-electron chi connectivity index (χ4n) is 2.10. The van der Waals surface area contributed by atoms with Gasteiger partial charge in [-0.15, -0.1) is 11.3 Å². The average molecular weight is 319 g/mol. The predicted molar refractivity (Wildman–Crippen MR) is 88.1 cm³/mol. The first-order chi connectivity index (χ1) is 10.7. The van der Waals surface area contributed by atoms with Crippen molar-refractivity contribution in [3.63, 3.8) is 0 Å². The van der Waals surface area contributed by atoms with Crippen LogP contribution in [0.1, 0.15) is 15.4 Å². The fraction of sp³-hybridized carbons (Fsp3) is 0.375. The van der Waals surface area contributed by atoms with E-state index in [2.05, 4.69) is 15.6 Å². The molecule has 0 fully saturated rings. The number of nitrogens with one attached hydrogen (secondary N) is 2. The minimum absolute atomic E-state index is 0.0893. The molecule has 6 heteroatoms. The highest BCUT2D eigenvalue weighted by Crippen LogP contribution is 2.10. The van der Waals surface area contributed by atoms with E-state index in [-0.39, 0.29) is 18.7 Å². The summed E-state index contributed by atoms with van der Waals surface area (Å²) in [6, 6.07) is 9.24. The van der Waals surface area contributed by atoms with Gasteiger partial charge < -0.3 is 15.7 Å². The molecule has 1 aromatic carbocycles. The maximum atomic E-state index is 11.8. The van der Waals surface area contributed by atoms with Crippen molar-refractivity contribution >= 4 is 17.4 Å². The number of aliphatic hydroxyl groups excluding tert-OH is 1. The third-order valence-electron chi connectivity index (χ3n) is 3.17. The molecule has 2 aromatic rings. The Kier molecular flexibility index (Phi) is 6.36. The van der Waals surface area contributed by atoms with Crippen molar-refractivity contribution in [2.24, 2.45) is 0 Å². The van der Waals surface area contributed by atoms with E-state index >= 15 is 0 Å². The number of benzene rings is 1. The van der Waals surface area contributed by atoms with Gasteiger partial charge in [0.2, 0.25) is 0 Å². The molecule has 1 unspecified atom stereocenters. The van der Waals surface area contributed by atoms with Gasteiger partial charge >= 0.3 is 6.03 Å². The second-order valence-electron chi connectivity index (χ2n) is 5.08. The minimum atomic E-state index is -0.287. The highest BCUT2D eigenvalue weighted by molar-refractivity contribution is 7.11. The first-order valence-corrected chi connectivity index (χ1v) is 8.09. The van der Waals surface area contributed by atoms with Gasteiger partial charge in [0.15, 0.2) is 0 Å². The van der Waals surface area contributed by atoms with E-state index in [0.29, 0.717) is 19.4 Å². The highest BCUT2D eigenvalue weighted by atomic mass is 32.1. The summed E-state index contributed by atoms with van der Waals surface area (Å²) in [5.74, 6) is 0. The lowest BCUT2D eigenvalue weighted by Crippen LogP contribution is -2.45. The summed E-state index contributed by atoms with van der Waals surface area (Å²) in [5, 5.41) is 16.0. The Morgan fingerprint density at radius 3 is 2.77 bits per heavy atom. The molecule has 0 radical (unpaired) electrons. The molecule has 5 nitrogen and oxygen atoms in total. The van der Waals surface area contributed by atoms with Crippen LogP contribution in [0.15, 0.2) is 36.5 Å². The summed E-state index contributed by atoms with van der Waals surface area (Å²) in [6.07, 6.45) is 3.16. The smallest absolute Gasteiger partial charge is 0.315 e. The normalized spacial score (nSPS) is 11.9. The molecule has 2 rings (SSSR count). The zero-order valence-electron chi connectivity index (χ0n) is 12.6. The van der Waals surface area contributed by atoms with Gasteiger partial charge in [-0.05, 0) is 18.9 Å². The number of nitrogens with zero attached hydrogens (tertiary/aromatic N) is 1. The van der Waals surface area contributed by atoms with Crippen molar-refractivity contribution in [1.82, 2.24) is 15.6 Å². The van der Waals surface area contributed by atoms with Crippen molar-refractivity contribution < 1.29 is 9.90 Å². The number of urea groups is 1. The molecule has 0 aliphatic heterocycles. The van der Waals surface area contributed by atoms with E-state index in [4.69, 9.17) is 0 Å². The van der Waals surface area contributed by atoms with E-state index in [1.54, 1.807) is 11.3 Å². The lowest BCUT2D eigenvalue weighted by atomic mass is 10.1. The van der Waals surface area contributed by atoms with Crippen LogP contribution in [0.4, 0.5) is 4.79 Å². The van der Waals surface area contributed by atoms with Crippen molar-refractivity contribution in [3.8, 4) is 0 Å². The van der Waals surface area contributed by atoms with E-state index in [1.165, 1.54) is 4.88 Å². The van der Waals surface area contributed by atoms with Crippen molar-refractivity contribution in [2.45, 2.75) is 25.8 Å². The zero-order chi connectivity index (χ0) is 15.8. The van der Waals surface area contributed by atoms with Gasteiger partial charge in [0, 0.05) is 24.0 Å². The SMILES string of the molecule is Cc1cnc(CCNC(=O)NC(CO)Cc2ccccc2)s1. The number of aliphatic hydroxyl groups is 1. The fourth-order valence-corrected chi connectivity index (χ4v) is 2.88. The molecule has 1 heterocycles. The maximum absolute atomic E-state index is 11.8. The van der Waals surface area contributed by atoms with E-state index in [0.717, 1.165) is 10.6 Å². The third kappa shape index (κ3) is 5.46. The second-order valence-corrected chi connectivity index (χ2v) is 6.40. The van der Waals surface area contributed by atoms with E-state index in [9.17, 15) is 9.90 Å². The topological polar surface area (TPSA) is 74.2 Å². The summed E-state index contributed by atoms with van der Waals surface area (Å²) in [6.45, 7) is 2.45. The summed E-state index contributed by atoms with van der Waals surface area (Å²) >= 11 is 1.64. The number of carbonyl (C=O) groups is 1. The Morgan fingerprint density at radius 1 is 1.36 bits per heavy atom. The molecule has 0 aliphatic rings. The molecule has 0 spiro atoms. The number of aryl methyl sites for hydroxylation is 1. The van der Waals surface area contributed by atoms with E-state index < -0.39 is 0 Å². The molecule has 3 N–H and O–H groups in total. The van der Waals surface area contributed by atoms with Gasteiger partial charge in [0.05, 0.1) is 17.7 Å². The molecule has 0 bridgehead atoms. The minimum Gasteiger partial charge on any atom is -0.394 e. The Bertz CT molecular complexity index is 586. The molecular weight excluding hydrogens is 298 g/mol. The average Bonchev–Trinajstić information content (AvgIpc) is 2.93. The Hall–Kier alpha value is -1.92. The van der Waals surface area contributed by atoms with Gasteiger partial charge in [-0.1, -0.05) is 30.3 Å². The Labute approximate surface area is 134 Å². The monoisotopic (exact) mass is 319 g/mol. The van der Waals surface area contributed by atoms with Crippen LogP contribution in [0, 0.1) is 6.92 Å². The number of carbonyl (C=O) groups excluding carboxylic acids is 1. The molecule has 1 atom stereocenters. The Morgan fingerprint density at radius 2 is 2.14 bits per heavy atom. The summed E-state index contributed by atoms with van der Waals surface area (Å²) in [5.41, 5.74) is 1.08. The number of rotatable bonds is 7. The van der Waals surface area contributed by atoms with Crippen LogP contribution in [0.5, 0.6) is 0 Å². The van der Waals surface area contributed by atoms with Crippen molar-refractivity contribution in [1.29, 1.82) is 0 Å². The molecule has 1 aromatic heterocycles. The lowest BCUT2D eigenvalue weighted by Gasteiger charge is -2.16. The summed E-state index contributed by atoms with van der Waals surface area (Å²) in [4.78, 5) is 17.3. The van der Waals surface area contributed by atoms with Crippen LogP contribution in [0.2, 0.25) is 0 Å². The number of aromatic nitrogens is 1. The van der Waals surface area contributed by atoms with Crippen LogP contribution in [0.25, 0.3) is 0 Å². The molecule has 2 amide bonds. The molecule has 0 saturated heterocycles. The van der Waals surface area contributed by atoms with Gasteiger partial charge in [-0.3, -0.25) is 0 Å². The van der Waals surface area contributed by atoms with Crippen LogP contribution < -0.4 is 10.6 Å². The summed E-state index contributed by atoms with van der Waals surface area (Å²) in [7, 11) is 0. The second kappa shape index (κ2) is 8.51. The lowest BCUT2D eigenvalue weighted by molar-refractivity contribution is 0.216. The quantitative estimate of drug-likeness (QED) is 0.730. The Balaban J connectivity index is 1.72. The standard InChI is InChI=1S/C16H21N3O2S/c1-12-10-18-15(22-12)7-8-17-16(21)19-14(11-20)9-13-5-3-2-4-6-13/h2-6,10,14,20H,7-9,11H2,1H3,(H2,17,19,21). The molecular formula is C16H21N3O2S. The van der Waals surface area contributed by atoms with Crippen LogP contribution in [0.3, 0.4) is 0 Å². The number of thiazole rings is 1. The summed E-state index contributed by atoms with van der Waals surface area (Å²) < 4.78 is 0. The predicted octanol–water partition coefficient (Wildman–Crippen LogP) is 1.90. The van der Waals surface area contributed by atoms with Gasteiger partial charge in [-0.25, -0.2) is 9.78 Å². The van der Waals surface area contributed by atoms with Crippen molar-refractivity contribution in [2.75, 3.05) is 13.2 Å². The van der Waals surface area contributed by atoms with Crippen molar-refractivity contribution in [3.05, 3.63) is 52.0 Å². The van der Waals surface area contributed by atoms with Crippen LogP contribution in [-0.2, 0) is 12.8 Å². The van der Waals surface area contributed by atoms with Crippen LogP contribution >= 0.6 is 11.3 Å². The maximum Gasteiger partial charge on any atom is 0.315 e. The van der Waals surface area contributed by atoms with Gasteiger partial charge in [-0.2, -0.15) is 0 Å². The first-order valence-electron chi connectivity index (χ1n) is 7.28. The first kappa shape index (κ1) is 16.5. The highest BCUT2D eigenvalue weighted by Gasteiger charge is 2.11. The molecule has 0 aliphatic carbocycles. The zero-order valence-corrected chi connectivity index (χ0v) is 13.4. The number of amides is 2. The van der Waals surface area contributed by atoms with E-state index in [1.807, 2.05) is 43.5 Å². The number of hydrogen-bond donors (Lipinski definition) is 3. The number of hydrogen-bond acceptors (Lipinski definition) is 4. The molecule has 22 heavy (non-hydrogen) atoms. The van der Waals surface area contributed by atoms with Gasteiger partial charge in [0.25, 0.3) is 0 Å². The van der Waals surface area contributed by atoms with Gasteiger partial charge in [0.1, 0.15) is 0 Å². The van der Waals surface area contributed by atoms with Crippen LogP contribution in [-0.4, -0.2) is 35.3 Å². The third-order valence-corrected chi connectivity index (χ3v) is 4.15. The molecule has 118 valence electrons. The molecule has 0 saturated carbocycles.